The van der Waals surface area contributed by atoms with Crippen LogP contribution in [-0.2, 0) is 0 Å². The molecule has 2 aliphatic carbocycles. The van der Waals surface area contributed by atoms with Crippen LogP contribution in [0.2, 0.25) is 0 Å². The first-order chi connectivity index (χ1) is 6.26. The maximum absolute atomic E-state index is 9.61. The van der Waals surface area contributed by atoms with E-state index in [1.54, 1.807) is 0 Å². The minimum atomic E-state index is -0.0855. The molecule has 0 amide bonds. The van der Waals surface area contributed by atoms with E-state index in [9.17, 15) is 5.11 Å². The van der Waals surface area contributed by atoms with E-state index in [-0.39, 0.29) is 6.10 Å². The number of hydrogen-bond acceptors (Lipinski definition) is 3. The highest BCUT2D eigenvalue weighted by Crippen LogP contribution is 2.46. The van der Waals surface area contributed by atoms with Gasteiger partial charge >= 0.3 is 0 Å². The van der Waals surface area contributed by atoms with E-state index < -0.39 is 0 Å². The van der Waals surface area contributed by atoms with Crippen molar-refractivity contribution in [3.8, 4) is 0 Å². The fourth-order valence-corrected chi connectivity index (χ4v) is 2.83. The van der Waals surface area contributed by atoms with Gasteiger partial charge in [0.25, 0.3) is 0 Å². The molecule has 0 aliphatic heterocycles. The van der Waals surface area contributed by atoms with Crippen LogP contribution in [0, 0.1) is 0 Å². The second kappa shape index (κ2) is 3.79. The summed E-state index contributed by atoms with van der Waals surface area (Å²) in [6.45, 7) is 1.09. The summed E-state index contributed by atoms with van der Waals surface area (Å²) in [6.07, 6.45) is 8.15. The summed E-state index contributed by atoms with van der Waals surface area (Å²) in [5.74, 6) is 0. The van der Waals surface area contributed by atoms with Gasteiger partial charge in [-0.1, -0.05) is 0 Å². The number of hydrogen-bond donors (Lipinski definition) is 2. The Labute approximate surface area is 84.5 Å². The Morgan fingerprint density at radius 2 is 2.23 bits per heavy atom. The van der Waals surface area contributed by atoms with E-state index in [0.717, 1.165) is 19.4 Å². The zero-order chi connectivity index (χ0) is 9.31. The average Bonchev–Trinajstić information content (AvgIpc) is 2.82. The van der Waals surface area contributed by atoms with Crippen LogP contribution in [0.15, 0.2) is 0 Å². The number of thioether (sulfide) groups is 1. The van der Waals surface area contributed by atoms with E-state index in [1.807, 2.05) is 11.8 Å². The molecule has 0 heterocycles. The molecule has 2 nitrogen and oxygen atoms in total. The molecule has 2 rings (SSSR count). The van der Waals surface area contributed by atoms with Gasteiger partial charge in [-0.3, -0.25) is 0 Å². The van der Waals surface area contributed by atoms with E-state index in [1.165, 1.54) is 19.3 Å². The Hall–Kier alpha value is 0.270. The molecule has 2 atom stereocenters. The summed E-state index contributed by atoms with van der Waals surface area (Å²) in [4.78, 5) is 0. The lowest BCUT2D eigenvalue weighted by atomic mass is 10.2. The second-order valence-corrected chi connectivity index (χ2v) is 5.65. The fourth-order valence-electron chi connectivity index (χ4n) is 2.09. The molecule has 76 valence electrons. The summed E-state index contributed by atoms with van der Waals surface area (Å²) in [5, 5.41) is 13.1. The van der Waals surface area contributed by atoms with Gasteiger partial charge in [-0.05, 0) is 38.4 Å². The van der Waals surface area contributed by atoms with Crippen molar-refractivity contribution in [2.75, 3.05) is 12.8 Å². The van der Waals surface area contributed by atoms with Crippen LogP contribution in [0.1, 0.15) is 32.1 Å². The lowest BCUT2D eigenvalue weighted by Gasteiger charge is -2.20. The molecule has 0 saturated heterocycles. The molecule has 2 fully saturated rings. The van der Waals surface area contributed by atoms with Gasteiger partial charge in [-0.15, -0.1) is 0 Å². The monoisotopic (exact) mass is 201 g/mol. The first-order valence-electron chi connectivity index (χ1n) is 5.22. The van der Waals surface area contributed by atoms with Crippen LogP contribution in [-0.4, -0.2) is 34.8 Å². The zero-order valence-corrected chi connectivity index (χ0v) is 9.07. The largest absolute Gasteiger partial charge is 0.392 e. The second-order valence-electron chi connectivity index (χ2n) is 4.37. The van der Waals surface area contributed by atoms with Gasteiger partial charge in [-0.25, -0.2) is 0 Å². The van der Waals surface area contributed by atoms with Crippen molar-refractivity contribution >= 4 is 11.8 Å². The van der Waals surface area contributed by atoms with E-state index >= 15 is 0 Å². The van der Waals surface area contributed by atoms with E-state index in [2.05, 4.69) is 11.6 Å². The van der Waals surface area contributed by atoms with Gasteiger partial charge in [0.15, 0.2) is 0 Å². The maximum atomic E-state index is 9.61. The van der Waals surface area contributed by atoms with E-state index in [4.69, 9.17) is 0 Å². The van der Waals surface area contributed by atoms with Crippen molar-refractivity contribution in [1.82, 2.24) is 5.32 Å². The molecule has 0 bridgehead atoms. The molecule has 2 aliphatic rings. The summed E-state index contributed by atoms with van der Waals surface area (Å²) in [6, 6.07) is 0.379. The van der Waals surface area contributed by atoms with Crippen LogP contribution >= 0.6 is 11.8 Å². The number of aliphatic hydroxyl groups is 1. The SMILES string of the molecule is CSC1(CN[C@@H]2CCC[C@H]2O)CC1. The van der Waals surface area contributed by atoms with Gasteiger partial charge < -0.3 is 10.4 Å². The molecule has 0 radical (unpaired) electrons. The minimum Gasteiger partial charge on any atom is -0.392 e. The van der Waals surface area contributed by atoms with Crippen molar-refractivity contribution in [2.24, 2.45) is 0 Å². The molecule has 0 unspecified atom stereocenters. The summed E-state index contributed by atoms with van der Waals surface area (Å²) >= 11 is 1.98. The third kappa shape index (κ3) is 2.20. The molecule has 0 aromatic heterocycles. The van der Waals surface area contributed by atoms with Gasteiger partial charge in [0.05, 0.1) is 6.10 Å². The third-order valence-corrected chi connectivity index (χ3v) is 4.83. The lowest BCUT2D eigenvalue weighted by molar-refractivity contribution is 0.149. The Balaban J connectivity index is 1.73. The molecule has 0 aromatic rings. The Bertz CT molecular complexity index is 182. The highest BCUT2D eigenvalue weighted by Gasteiger charge is 2.42. The Morgan fingerprint density at radius 3 is 2.69 bits per heavy atom. The number of rotatable bonds is 4. The highest BCUT2D eigenvalue weighted by molar-refractivity contribution is 8.00. The lowest BCUT2D eigenvalue weighted by Crippen LogP contribution is -2.40. The van der Waals surface area contributed by atoms with Crippen molar-refractivity contribution in [1.29, 1.82) is 0 Å². The Morgan fingerprint density at radius 1 is 1.46 bits per heavy atom. The quantitative estimate of drug-likeness (QED) is 0.721. The highest BCUT2D eigenvalue weighted by atomic mass is 32.2. The van der Waals surface area contributed by atoms with Crippen molar-refractivity contribution in [3.05, 3.63) is 0 Å². The normalized spacial score (nSPS) is 36.5. The average molecular weight is 201 g/mol. The standard InChI is InChI=1S/C10H19NOS/c1-13-10(5-6-10)7-11-8-3-2-4-9(8)12/h8-9,11-12H,2-7H2,1H3/t8-,9-/m1/s1. The van der Waals surface area contributed by atoms with E-state index in [0.29, 0.717) is 10.8 Å². The predicted molar refractivity (Wildman–Crippen MR) is 57.1 cm³/mol. The van der Waals surface area contributed by atoms with Gasteiger partial charge in [0, 0.05) is 17.3 Å². The molecule has 2 saturated carbocycles. The Kier molecular flexibility index (Phi) is 2.86. The number of aliphatic hydroxyl groups excluding tert-OH is 1. The molecular formula is C10H19NOS. The zero-order valence-electron chi connectivity index (χ0n) is 8.25. The third-order valence-electron chi connectivity index (χ3n) is 3.41. The summed E-state index contributed by atoms with van der Waals surface area (Å²) in [5.41, 5.74) is 0. The van der Waals surface area contributed by atoms with Crippen LogP contribution in [0.25, 0.3) is 0 Å². The first kappa shape index (κ1) is 9.81. The van der Waals surface area contributed by atoms with Crippen molar-refractivity contribution in [2.45, 2.75) is 49.0 Å². The molecule has 0 aromatic carbocycles. The molecule has 3 heteroatoms. The van der Waals surface area contributed by atoms with Crippen molar-refractivity contribution in [3.63, 3.8) is 0 Å². The summed E-state index contributed by atoms with van der Waals surface area (Å²) < 4.78 is 0.530. The van der Waals surface area contributed by atoms with Gasteiger partial charge in [0.1, 0.15) is 0 Å². The fraction of sp³-hybridized carbons (Fsp3) is 1.00. The maximum Gasteiger partial charge on any atom is 0.0693 e. The molecule has 13 heavy (non-hydrogen) atoms. The van der Waals surface area contributed by atoms with Crippen LogP contribution in [0.4, 0.5) is 0 Å². The van der Waals surface area contributed by atoms with Gasteiger partial charge in [-0.2, -0.15) is 11.8 Å². The molecule has 2 N–H and O–H groups in total. The number of nitrogens with one attached hydrogen (secondary N) is 1. The van der Waals surface area contributed by atoms with Crippen molar-refractivity contribution < 1.29 is 5.11 Å². The first-order valence-corrected chi connectivity index (χ1v) is 6.45. The smallest absolute Gasteiger partial charge is 0.0693 e. The van der Waals surface area contributed by atoms with Crippen LogP contribution in [0.5, 0.6) is 0 Å². The van der Waals surface area contributed by atoms with Crippen LogP contribution in [0.3, 0.4) is 0 Å². The summed E-state index contributed by atoms with van der Waals surface area (Å²) in [7, 11) is 0. The topological polar surface area (TPSA) is 32.3 Å². The molecular weight excluding hydrogens is 182 g/mol. The van der Waals surface area contributed by atoms with Gasteiger partial charge in [0.2, 0.25) is 0 Å². The van der Waals surface area contributed by atoms with Crippen LogP contribution < -0.4 is 5.32 Å². The molecule has 0 spiro atoms. The minimum absolute atomic E-state index is 0.0855. The predicted octanol–water partition coefficient (Wildman–Crippen LogP) is 1.39.